The zero-order valence-electron chi connectivity index (χ0n) is 14.9. The lowest BCUT2D eigenvalue weighted by Gasteiger charge is -2.07. The maximum atomic E-state index is 5.31. The monoisotopic (exact) mass is 354 g/mol. The van der Waals surface area contributed by atoms with Crippen molar-refractivity contribution in [2.75, 3.05) is 7.11 Å². The number of hydrogen-bond donors (Lipinski definition) is 1. The molecular formula is C22H18N4O. The highest BCUT2D eigenvalue weighted by atomic mass is 16.5. The normalized spacial score (nSPS) is 11.3. The van der Waals surface area contributed by atoms with Gasteiger partial charge in [0, 0.05) is 46.1 Å². The topological polar surface area (TPSA) is 55.7 Å². The van der Waals surface area contributed by atoms with Gasteiger partial charge in [-0.05, 0) is 36.4 Å². The number of hydrogen-bond acceptors (Lipinski definition) is 3. The molecule has 0 spiro atoms. The van der Waals surface area contributed by atoms with Crippen LogP contribution in [0.1, 0.15) is 5.69 Å². The second-order valence-corrected chi connectivity index (χ2v) is 6.54. The summed E-state index contributed by atoms with van der Waals surface area (Å²) >= 11 is 0. The molecule has 3 aromatic heterocycles. The molecule has 0 saturated heterocycles. The van der Waals surface area contributed by atoms with E-state index in [0.29, 0.717) is 6.54 Å². The highest BCUT2D eigenvalue weighted by molar-refractivity contribution is 5.83. The molecule has 5 nitrogen and oxygen atoms in total. The van der Waals surface area contributed by atoms with Crippen molar-refractivity contribution in [1.29, 1.82) is 0 Å². The van der Waals surface area contributed by atoms with Crippen LogP contribution in [0.3, 0.4) is 0 Å². The minimum atomic E-state index is 0.715. The van der Waals surface area contributed by atoms with Crippen LogP contribution in [0.2, 0.25) is 0 Å². The molecule has 0 fully saturated rings. The van der Waals surface area contributed by atoms with Crippen molar-refractivity contribution in [2.45, 2.75) is 6.54 Å². The minimum Gasteiger partial charge on any atom is -0.497 e. The maximum Gasteiger partial charge on any atom is 0.140 e. The van der Waals surface area contributed by atoms with Gasteiger partial charge in [-0.15, -0.1) is 0 Å². The largest absolute Gasteiger partial charge is 0.497 e. The Bertz CT molecular complexity index is 1250. The van der Waals surface area contributed by atoms with Crippen LogP contribution in [0, 0.1) is 0 Å². The van der Waals surface area contributed by atoms with E-state index in [1.54, 1.807) is 7.11 Å². The van der Waals surface area contributed by atoms with Gasteiger partial charge in [0.1, 0.15) is 11.6 Å². The summed E-state index contributed by atoms with van der Waals surface area (Å²) in [7, 11) is 1.69. The molecule has 0 amide bonds. The number of aromatic amines is 1. The van der Waals surface area contributed by atoms with Gasteiger partial charge in [0.25, 0.3) is 0 Å². The molecule has 132 valence electrons. The maximum absolute atomic E-state index is 5.31. The van der Waals surface area contributed by atoms with Gasteiger partial charge in [0.2, 0.25) is 0 Å². The van der Waals surface area contributed by atoms with Crippen LogP contribution >= 0.6 is 0 Å². The number of nitrogens with zero attached hydrogens (tertiary/aromatic N) is 3. The Morgan fingerprint density at radius 3 is 2.85 bits per heavy atom. The summed E-state index contributed by atoms with van der Waals surface area (Å²) in [6.07, 6.45) is 5.66. The zero-order chi connectivity index (χ0) is 18.2. The number of nitrogens with one attached hydrogen (secondary N) is 1. The lowest BCUT2D eigenvalue weighted by Crippen LogP contribution is -2.01. The molecule has 1 N–H and O–H groups in total. The molecule has 2 aromatic carbocycles. The Kier molecular flexibility index (Phi) is 3.64. The summed E-state index contributed by atoms with van der Waals surface area (Å²) < 4.78 is 7.46. The van der Waals surface area contributed by atoms with Crippen molar-refractivity contribution in [3.8, 4) is 17.1 Å². The fourth-order valence-corrected chi connectivity index (χ4v) is 3.47. The van der Waals surface area contributed by atoms with Crippen molar-refractivity contribution in [2.24, 2.45) is 0 Å². The molecule has 0 unspecified atom stereocenters. The van der Waals surface area contributed by atoms with Crippen LogP contribution in [-0.4, -0.2) is 26.6 Å². The summed E-state index contributed by atoms with van der Waals surface area (Å²) in [6, 6.07) is 18.5. The number of aromatic nitrogens is 4. The molecule has 3 heterocycles. The first kappa shape index (κ1) is 15.6. The molecule has 0 aliphatic rings. The average molecular weight is 354 g/mol. The number of pyridine rings is 1. The summed E-state index contributed by atoms with van der Waals surface area (Å²) in [5.74, 6) is 1.79. The van der Waals surface area contributed by atoms with Crippen LogP contribution < -0.4 is 4.74 Å². The lowest BCUT2D eigenvalue weighted by atomic mass is 10.1. The molecule has 5 heteroatoms. The Morgan fingerprint density at radius 1 is 0.963 bits per heavy atom. The average Bonchev–Trinajstić information content (AvgIpc) is 3.33. The first-order valence-electron chi connectivity index (χ1n) is 8.82. The number of fused-ring (bicyclic) bond motifs is 2. The van der Waals surface area contributed by atoms with Crippen LogP contribution in [0.15, 0.2) is 73.2 Å². The Labute approximate surface area is 156 Å². The molecular weight excluding hydrogens is 336 g/mol. The van der Waals surface area contributed by atoms with Gasteiger partial charge in [-0.3, -0.25) is 4.98 Å². The highest BCUT2D eigenvalue weighted by Gasteiger charge is 2.09. The van der Waals surface area contributed by atoms with E-state index in [-0.39, 0.29) is 0 Å². The van der Waals surface area contributed by atoms with Gasteiger partial charge in [-0.25, -0.2) is 4.98 Å². The predicted octanol–water partition coefficient (Wildman–Crippen LogP) is 4.64. The van der Waals surface area contributed by atoms with Crippen molar-refractivity contribution >= 4 is 21.8 Å². The third-order valence-corrected chi connectivity index (χ3v) is 4.80. The smallest absolute Gasteiger partial charge is 0.140 e. The van der Waals surface area contributed by atoms with E-state index in [2.05, 4.69) is 49.9 Å². The van der Waals surface area contributed by atoms with Crippen molar-refractivity contribution in [1.82, 2.24) is 19.5 Å². The van der Waals surface area contributed by atoms with Crippen LogP contribution in [0.25, 0.3) is 33.2 Å². The molecule has 0 aliphatic carbocycles. The number of H-pyrrole nitrogens is 1. The number of methoxy groups -OCH3 is 1. The standard InChI is InChI=1S/C22H18N4O/c1-27-19-6-7-20-17(12-19)11-18(25-20)14-26-10-9-24-22(26)16-5-4-15-3-2-8-23-21(15)13-16/h2-13,25H,14H2,1H3. The zero-order valence-corrected chi connectivity index (χ0v) is 14.9. The molecule has 0 bridgehead atoms. The van der Waals surface area contributed by atoms with Crippen molar-refractivity contribution in [3.05, 3.63) is 78.9 Å². The molecule has 0 aliphatic heterocycles. The Balaban J connectivity index is 1.51. The summed E-state index contributed by atoms with van der Waals surface area (Å²) in [4.78, 5) is 12.5. The number of benzene rings is 2. The summed E-state index contributed by atoms with van der Waals surface area (Å²) in [5.41, 5.74) is 4.25. The third kappa shape index (κ3) is 2.83. The van der Waals surface area contributed by atoms with Crippen LogP contribution in [-0.2, 0) is 6.54 Å². The Morgan fingerprint density at radius 2 is 1.93 bits per heavy atom. The van der Waals surface area contributed by atoms with Gasteiger partial charge in [-0.2, -0.15) is 0 Å². The van der Waals surface area contributed by atoms with Crippen LogP contribution in [0.5, 0.6) is 5.75 Å². The minimum absolute atomic E-state index is 0.715. The van der Waals surface area contributed by atoms with E-state index in [9.17, 15) is 0 Å². The predicted molar refractivity (Wildman–Crippen MR) is 107 cm³/mol. The molecule has 0 radical (unpaired) electrons. The number of ether oxygens (including phenoxy) is 1. The summed E-state index contributed by atoms with van der Waals surface area (Å²) in [6.45, 7) is 0.715. The van der Waals surface area contributed by atoms with E-state index in [0.717, 1.165) is 44.6 Å². The van der Waals surface area contributed by atoms with Crippen molar-refractivity contribution in [3.63, 3.8) is 0 Å². The van der Waals surface area contributed by atoms with E-state index in [1.165, 1.54) is 0 Å². The quantitative estimate of drug-likeness (QED) is 0.512. The first-order valence-corrected chi connectivity index (χ1v) is 8.82. The lowest BCUT2D eigenvalue weighted by molar-refractivity contribution is 0.415. The molecule has 5 rings (SSSR count). The second-order valence-electron chi connectivity index (χ2n) is 6.54. The molecule has 0 saturated carbocycles. The Hall–Kier alpha value is -3.60. The molecule has 27 heavy (non-hydrogen) atoms. The van der Waals surface area contributed by atoms with Gasteiger partial charge >= 0.3 is 0 Å². The fraction of sp³-hybridized carbons (Fsp3) is 0.0909. The van der Waals surface area contributed by atoms with E-state index < -0.39 is 0 Å². The van der Waals surface area contributed by atoms with Gasteiger partial charge < -0.3 is 14.3 Å². The van der Waals surface area contributed by atoms with E-state index in [1.807, 2.05) is 42.9 Å². The first-order chi connectivity index (χ1) is 13.3. The van der Waals surface area contributed by atoms with Gasteiger partial charge in [0.05, 0.1) is 19.2 Å². The fourth-order valence-electron chi connectivity index (χ4n) is 3.47. The molecule has 5 aromatic rings. The van der Waals surface area contributed by atoms with E-state index in [4.69, 9.17) is 4.74 Å². The van der Waals surface area contributed by atoms with E-state index >= 15 is 0 Å². The van der Waals surface area contributed by atoms with Crippen molar-refractivity contribution < 1.29 is 4.74 Å². The SMILES string of the molecule is COc1ccc2[nH]c(Cn3ccnc3-c3ccc4cccnc4c3)cc2c1. The van der Waals surface area contributed by atoms with Gasteiger partial charge in [0.15, 0.2) is 0 Å². The van der Waals surface area contributed by atoms with Gasteiger partial charge in [-0.1, -0.05) is 18.2 Å². The number of imidazole rings is 1. The second kappa shape index (κ2) is 6.29. The number of rotatable bonds is 4. The summed E-state index contributed by atoms with van der Waals surface area (Å²) in [5, 5.41) is 2.27. The highest BCUT2D eigenvalue weighted by Crippen LogP contribution is 2.25. The molecule has 0 atom stereocenters. The third-order valence-electron chi connectivity index (χ3n) is 4.80. The van der Waals surface area contributed by atoms with Crippen LogP contribution in [0.4, 0.5) is 0 Å².